The van der Waals surface area contributed by atoms with Crippen LogP contribution >= 0.6 is 0 Å². The number of hydrogen-bond donors (Lipinski definition) is 2. The van der Waals surface area contributed by atoms with Crippen LogP contribution < -0.4 is 5.32 Å². The lowest BCUT2D eigenvalue weighted by molar-refractivity contribution is -0.181. The van der Waals surface area contributed by atoms with Crippen LogP contribution in [-0.2, 0) is 0 Å². The standard InChI is InChI=1S/C17H33F3N4O/c1-5-16(6-2,13-25)12-22-15(21-7-3)24-10-8-23(9-11-24)14(4)17(18,19)20/h14,25H,5-13H2,1-4H3,(H,21,22). The van der Waals surface area contributed by atoms with Gasteiger partial charge in [-0.25, -0.2) is 0 Å². The van der Waals surface area contributed by atoms with E-state index < -0.39 is 12.2 Å². The Labute approximate surface area is 149 Å². The van der Waals surface area contributed by atoms with E-state index in [0.717, 1.165) is 18.8 Å². The number of piperazine rings is 1. The van der Waals surface area contributed by atoms with E-state index in [-0.39, 0.29) is 12.0 Å². The number of guanidine groups is 1. The first-order valence-electron chi connectivity index (χ1n) is 9.17. The van der Waals surface area contributed by atoms with Crippen LogP contribution in [0, 0.1) is 5.41 Å². The number of nitrogens with one attached hydrogen (secondary N) is 1. The Morgan fingerprint density at radius 3 is 2.08 bits per heavy atom. The molecule has 1 saturated heterocycles. The zero-order valence-electron chi connectivity index (χ0n) is 15.9. The van der Waals surface area contributed by atoms with Gasteiger partial charge >= 0.3 is 6.18 Å². The summed E-state index contributed by atoms with van der Waals surface area (Å²) in [6, 6.07) is -1.42. The van der Waals surface area contributed by atoms with Crippen LogP contribution in [0.4, 0.5) is 13.2 Å². The SMILES string of the molecule is CCNC(=NCC(CC)(CC)CO)N1CCN(C(C)C(F)(F)F)CC1. The zero-order chi connectivity index (χ0) is 19.1. The van der Waals surface area contributed by atoms with Crippen molar-refractivity contribution < 1.29 is 18.3 Å². The molecule has 1 rings (SSSR count). The van der Waals surface area contributed by atoms with Crippen LogP contribution in [0.2, 0.25) is 0 Å². The number of alkyl halides is 3. The Kier molecular flexibility index (Phi) is 8.47. The van der Waals surface area contributed by atoms with Crippen molar-refractivity contribution in [2.24, 2.45) is 10.4 Å². The minimum atomic E-state index is -4.19. The fourth-order valence-corrected chi connectivity index (χ4v) is 2.94. The van der Waals surface area contributed by atoms with Gasteiger partial charge in [0.25, 0.3) is 0 Å². The maximum Gasteiger partial charge on any atom is 0.403 e. The molecule has 0 spiro atoms. The summed E-state index contributed by atoms with van der Waals surface area (Å²) >= 11 is 0. The third-order valence-electron chi connectivity index (χ3n) is 5.37. The molecule has 8 heteroatoms. The first-order chi connectivity index (χ1) is 11.7. The van der Waals surface area contributed by atoms with E-state index in [4.69, 9.17) is 0 Å². The van der Waals surface area contributed by atoms with Crippen molar-refractivity contribution in [2.75, 3.05) is 45.9 Å². The largest absolute Gasteiger partial charge is 0.403 e. The second-order valence-corrected chi connectivity index (χ2v) is 6.78. The average molecular weight is 366 g/mol. The molecule has 0 saturated carbocycles. The number of aliphatic hydroxyl groups is 1. The molecule has 1 aliphatic rings. The lowest BCUT2D eigenvalue weighted by Gasteiger charge is -2.40. The molecular weight excluding hydrogens is 333 g/mol. The minimum Gasteiger partial charge on any atom is -0.396 e. The summed E-state index contributed by atoms with van der Waals surface area (Å²) in [6.07, 6.45) is -2.52. The van der Waals surface area contributed by atoms with E-state index in [2.05, 4.69) is 10.3 Å². The van der Waals surface area contributed by atoms with Crippen molar-refractivity contribution in [1.29, 1.82) is 0 Å². The normalized spacial score (nSPS) is 19.2. The molecule has 0 aromatic rings. The van der Waals surface area contributed by atoms with Gasteiger partial charge in [0.2, 0.25) is 0 Å². The van der Waals surface area contributed by atoms with E-state index in [1.54, 1.807) is 0 Å². The average Bonchev–Trinajstić information content (AvgIpc) is 2.61. The monoisotopic (exact) mass is 366 g/mol. The van der Waals surface area contributed by atoms with Crippen LogP contribution in [0.25, 0.3) is 0 Å². The molecule has 0 aromatic carbocycles. The molecule has 0 radical (unpaired) electrons. The Bertz CT molecular complexity index is 408. The third kappa shape index (κ3) is 6.02. The highest BCUT2D eigenvalue weighted by atomic mass is 19.4. The molecule has 1 heterocycles. The molecular formula is C17H33F3N4O. The molecule has 0 aromatic heterocycles. The summed E-state index contributed by atoms with van der Waals surface area (Å²) < 4.78 is 38.6. The number of aliphatic imine (C=N–C) groups is 1. The summed E-state index contributed by atoms with van der Waals surface area (Å²) in [5.41, 5.74) is -0.229. The van der Waals surface area contributed by atoms with Crippen LogP contribution in [0.1, 0.15) is 40.5 Å². The molecule has 1 atom stereocenters. The molecule has 0 bridgehead atoms. The highest BCUT2D eigenvalue weighted by molar-refractivity contribution is 5.80. The number of rotatable bonds is 7. The molecule has 148 valence electrons. The predicted octanol–water partition coefficient (Wildman–Crippen LogP) is 2.32. The second-order valence-electron chi connectivity index (χ2n) is 6.78. The van der Waals surface area contributed by atoms with Gasteiger partial charge in [0.15, 0.2) is 5.96 Å². The Balaban J connectivity index is 2.74. The van der Waals surface area contributed by atoms with Crippen LogP contribution in [0.5, 0.6) is 0 Å². The first-order valence-corrected chi connectivity index (χ1v) is 9.17. The zero-order valence-corrected chi connectivity index (χ0v) is 15.9. The van der Waals surface area contributed by atoms with E-state index >= 15 is 0 Å². The lowest BCUT2D eigenvalue weighted by atomic mass is 9.83. The molecule has 0 aliphatic carbocycles. The van der Waals surface area contributed by atoms with Crippen molar-refractivity contribution in [2.45, 2.75) is 52.8 Å². The number of aliphatic hydroxyl groups excluding tert-OH is 1. The van der Waals surface area contributed by atoms with Gasteiger partial charge in [-0.2, -0.15) is 13.2 Å². The van der Waals surface area contributed by atoms with Gasteiger partial charge in [-0.05, 0) is 26.7 Å². The van der Waals surface area contributed by atoms with Gasteiger partial charge < -0.3 is 15.3 Å². The predicted molar refractivity (Wildman–Crippen MR) is 94.7 cm³/mol. The Hall–Kier alpha value is -1.02. The molecule has 1 aliphatic heterocycles. The van der Waals surface area contributed by atoms with Gasteiger partial charge in [0.05, 0.1) is 13.2 Å². The van der Waals surface area contributed by atoms with E-state index in [1.807, 2.05) is 25.7 Å². The van der Waals surface area contributed by atoms with Crippen LogP contribution in [0.15, 0.2) is 4.99 Å². The summed E-state index contributed by atoms with van der Waals surface area (Å²) in [4.78, 5) is 8.15. The van der Waals surface area contributed by atoms with Crippen molar-refractivity contribution in [3.05, 3.63) is 0 Å². The number of nitrogens with zero attached hydrogens (tertiary/aromatic N) is 3. The molecule has 2 N–H and O–H groups in total. The number of hydrogen-bond acceptors (Lipinski definition) is 3. The van der Waals surface area contributed by atoms with Gasteiger partial charge in [0.1, 0.15) is 6.04 Å². The van der Waals surface area contributed by atoms with E-state index in [0.29, 0.717) is 39.3 Å². The van der Waals surface area contributed by atoms with E-state index in [1.165, 1.54) is 11.8 Å². The fraction of sp³-hybridized carbons (Fsp3) is 0.941. The smallest absolute Gasteiger partial charge is 0.396 e. The first kappa shape index (κ1) is 22.0. The maximum absolute atomic E-state index is 12.9. The summed E-state index contributed by atoms with van der Waals surface area (Å²) in [5.74, 6) is 0.724. The Morgan fingerprint density at radius 1 is 1.12 bits per heavy atom. The van der Waals surface area contributed by atoms with Gasteiger partial charge in [-0.15, -0.1) is 0 Å². The topological polar surface area (TPSA) is 51.1 Å². The molecule has 0 amide bonds. The van der Waals surface area contributed by atoms with Crippen molar-refractivity contribution in [3.63, 3.8) is 0 Å². The summed E-state index contributed by atoms with van der Waals surface area (Å²) in [7, 11) is 0. The highest BCUT2D eigenvalue weighted by Gasteiger charge is 2.41. The minimum absolute atomic E-state index is 0.0831. The maximum atomic E-state index is 12.9. The van der Waals surface area contributed by atoms with E-state index in [9.17, 15) is 18.3 Å². The van der Waals surface area contributed by atoms with Gasteiger partial charge in [0, 0.05) is 38.1 Å². The van der Waals surface area contributed by atoms with Crippen LogP contribution in [-0.4, -0.2) is 79.0 Å². The van der Waals surface area contributed by atoms with Crippen LogP contribution in [0.3, 0.4) is 0 Å². The molecule has 1 unspecified atom stereocenters. The Morgan fingerprint density at radius 2 is 1.68 bits per heavy atom. The summed E-state index contributed by atoms with van der Waals surface area (Å²) in [5, 5.41) is 12.9. The fourth-order valence-electron chi connectivity index (χ4n) is 2.94. The number of halogens is 3. The van der Waals surface area contributed by atoms with Gasteiger partial charge in [-0.1, -0.05) is 13.8 Å². The molecule has 5 nitrogen and oxygen atoms in total. The quantitative estimate of drug-likeness (QED) is 0.536. The highest BCUT2D eigenvalue weighted by Crippen LogP contribution is 2.27. The van der Waals surface area contributed by atoms with Crippen molar-refractivity contribution >= 4 is 5.96 Å². The third-order valence-corrected chi connectivity index (χ3v) is 5.37. The summed E-state index contributed by atoms with van der Waals surface area (Å²) in [6.45, 7) is 10.3. The molecule has 25 heavy (non-hydrogen) atoms. The second kappa shape index (κ2) is 9.62. The van der Waals surface area contributed by atoms with Crippen molar-refractivity contribution in [3.8, 4) is 0 Å². The lowest BCUT2D eigenvalue weighted by Crippen LogP contribution is -2.56. The van der Waals surface area contributed by atoms with Gasteiger partial charge in [-0.3, -0.25) is 9.89 Å². The van der Waals surface area contributed by atoms with Crippen molar-refractivity contribution in [1.82, 2.24) is 15.1 Å². The molecule has 1 fully saturated rings.